The molecule has 2 heterocycles. The van der Waals surface area contributed by atoms with Gasteiger partial charge in [-0.3, -0.25) is 5.10 Å². The summed E-state index contributed by atoms with van der Waals surface area (Å²) in [7, 11) is -1.74. The molecule has 0 atom stereocenters. The van der Waals surface area contributed by atoms with E-state index in [9.17, 15) is 12.8 Å². The average Bonchev–Trinajstić information content (AvgIpc) is 3.06. The van der Waals surface area contributed by atoms with Crippen molar-refractivity contribution in [1.82, 2.24) is 15.1 Å². The predicted molar refractivity (Wildman–Crippen MR) is 97.7 cm³/mol. The quantitative estimate of drug-likeness (QED) is 0.713. The molecule has 1 saturated heterocycles. The van der Waals surface area contributed by atoms with E-state index < -0.39 is 15.7 Å². The maximum atomic E-state index is 13.1. The molecule has 0 unspecified atom stereocenters. The Bertz CT molecular complexity index is 1040. The van der Waals surface area contributed by atoms with Gasteiger partial charge in [-0.25, -0.2) is 12.8 Å². The summed E-state index contributed by atoms with van der Waals surface area (Å²) in [4.78, 5) is 4.52. The Kier molecular flexibility index (Phi) is 4.16. The van der Waals surface area contributed by atoms with Crippen LogP contribution in [0.4, 0.5) is 10.1 Å². The van der Waals surface area contributed by atoms with Crippen LogP contribution in [0, 0.1) is 5.82 Å². The topological polar surface area (TPSA) is 69.3 Å². The Morgan fingerprint density at radius 1 is 1.04 bits per heavy atom. The van der Waals surface area contributed by atoms with Crippen molar-refractivity contribution in [2.45, 2.75) is 9.92 Å². The van der Waals surface area contributed by atoms with Crippen LogP contribution in [-0.4, -0.2) is 56.7 Å². The maximum Gasteiger partial charge on any atom is 0.226 e. The molecule has 8 heteroatoms. The zero-order valence-corrected chi connectivity index (χ0v) is 15.1. The second-order valence-corrected chi connectivity index (χ2v) is 8.37. The number of aromatic amines is 1. The largest absolute Gasteiger partial charge is 0.369 e. The first-order valence-electron chi connectivity index (χ1n) is 8.37. The van der Waals surface area contributed by atoms with Gasteiger partial charge in [-0.1, -0.05) is 0 Å². The molecule has 4 rings (SSSR count). The molecule has 0 spiro atoms. The molecule has 2 aromatic carbocycles. The number of rotatable bonds is 3. The van der Waals surface area contributed by atoms with Gasteiger partial charge >= 0.3 is 0 Å². The van der Waals surface area contributed by atoms with E-state index in [4.69, 9.17) is 0 Å². The lowest BCUT2D eigenvalue weighted by Crippen LogP contribution is -2.44. The highest BCUT2D eigenvalue weighted by Gasteiger charge is 2.24. The number of aromatic nitrogens is 2. The van der Waals surface area contributed by atoms with Gasteiger partial charge < -0.3 is 9.80 Å². The summed E-state index contributed by atoms with van der Waals surface area (Å²) in [6.07, 6.45) is 0. The summed E-state index contributed by atoms with van der Waals surface area (Å²) in [5.74, 6) is -0.479. The Morgan fingerprint density at radius 2 is 1.73 bits per heavy atom. The van der Waals surface area contributed by atoms with Gasteiger partial charge in [-0.05, 0) is 49.5 Å². The van der Waals surface area contributed by atoms with E-state index in [-0.39, 0.29) is 9.92 Å². The van der Waals surface area contributed by atoms with Crippen molar-refractivity contribution in [3.8, 4) is 0 Å². The van der Waals surface area contributed by atoms with Crippen LogP contribution in [-0.2, 0) is 9.84 Å². The van der Waals surface area contributed by atoms with Crippen LogP contribution >= 0.6 is 0 Å². The summed E-state index contributed by atoms with van der Waals surface area (Å²) in [5.41, 5.74) is 1.63. The van der Waals surface area contributed by atoms with Crippen molar-refractivity contribution in [3.63, 3.8) is 0 Å². The van der Waals surface area contributed by atoms with Crippen molar-refractivity contribution in [2.75, 3.05) is 38.1 Å². The molecule has 1 fully saturated rings. The lowest BCUT2D eigenvalue weighted by molar-refractivity contribution is 0.313. The number of fused-ring (bicyclic) bond motifs is 1. The first-order chi connectivity index (χ1) is 12.4. The van der Waals surface area contributed by atoms with Crippen LogP contribution in [0.15, 0.2) is 52.4 Å². The standard InChI is InChI=1S/C18H19FN4O2S/c1-22-8-10-23(11-9-22)14-4-7-17-16(12-14)18(21-20-17)26(24,25)15-5-2-13(19)3-6-15/h2-7,12H,8-11H2,1H3,(H,20,21). The van der Waals surface area contributed by atoms with Crippen molar-refractivity contribution in [2.24, 2.45) is 0 Å². The monoisotopic (exact) mass is 374 g/mol. The molecule has 136 valence electrons. The Labute approximate surface area is 151 Å². The van der Waals surface area contributed by atoms with Gasteiger partial charge in [0.1, 0.15) is 5.82 Å². The van der Waals surface area contributed by atoms with Crippen LogP contribution in [0.25, 0.3) is 10.9 Å². The van der Waals surface area contributed by atoms with Gasteiger partial charge in [0, 0.05) is 37.3 Å². The van der Waals surface area contributed by atoms with Gasteiger partial charge in [-0.2, -0.15) is 5.10 Å². The molecule has 1 aromatic heterocycles. The van der Waals surface area contributed by atoms with Gasteiger partial charge in [0.25, 0.3) is 0 Å². The molecule has 26 heavy (non-hydrogen) atoms. The fourth-order valence-electron chi connectivity index (χ4n) is 3.17. The highest BCUT2D eigenvalue weighted by atomic mass is 32.2. The maximum absolute atomic E-state index is 13.1. The number of hydrogen-bond donors (Lipinski definition) is 1. The van der Waals surface area contributed by atoms with Gasteiger partial charge in [0.2, 0.25) is 9.84 Å². The number of H-pyrrole nitrogens is 1. The van der Waals surface area contributed by atoms with E-state index in [1.54, 1.807) is 0 Å². The summed E-state index contributed by atoms with van der Waals surface area (Å²) in [5, 5.41) is 7.33. The number of sulfone groups is 1. The minimum absolute atomic E-state index is 0.0253. The second-order valence-electron chi connectivity index (χ2n) is 6.51. The Morgan fingerprint density at radius 3 is 2.42 bits per heavy atom. The molecule has 0 radical (unpaired) electrons. The van der Waals surface area contributed by atoms with Crippen molar-refractivity contribution in [1.29, 1.82) is 0 Å². The molecule has 0 aliphatic carbocycles. The first-order valence-corrected chi connectivity index (χ1v) is 9.86. The molecule has 1 aliphatic heterocycles. The molecule has 1 aliphatic rings. The average molecular weight is 374 g/mol. The summed E-state index contributed by atoms with van der Waals surface area (Å²) in [6, 6.07) is 10.5. The number of nitrogens with zero attached hydrogens (tertiary/aromatic N) is 3. The summed E-state index contributed by atoms with van der Waals surface area (Å²) < 4.78 is 39.0. The number of hydrogen-bond acceptors (Lipinski definition) is 5. The number of nitrogens with one attached hydrogen (secondary N) is 1. The first kappa shape index (κ1) is 17.0. The normalized spacial score (nSPS) is 16.3. The molecule has 1 N–H and O–H groups in total. The Hall–Kier alpha value is -2.45. The zero-order valence-electron chi connectivity index (χ0n) is 14.3. The molecule has 0 saturated carbocycles. The number of piperazine rings is 1. The Balaban J connectivity index is 1.76. The summed E-state index contributed by atoms with van der Waals surface area (Å²) in [6.45, 7) is 3.70. The number of anilines is 1. The van der Waals surface area contributed by atoms with Crippen molar-refractivity contribution < 1.29 is 12.8 Å². The molecular weight excluding hydrogens is 355 g/mol. The fourth-order valence-corrected chi connectivity index (χ4v) is 4.51. The van der Waals surface area contributed by atoms with Crippen molar-refractivity contribution in [3.05, 3.63) is 48.3 Å². The highest BCUT2D eigenvalue weighted by molar-refractivity contribution is 7.91. The minimum Gasteiger partial charge on any atom is -0.369 e. The van der Waals surface area contributed by atoms with Crippen LogP contribution in [0.5, 0.6) is 0 Å². The van der Waals surface area contributed by atoms with E-state index in [0.717, 1.165) is 44.0 Å². The molecular formula is C18H19FN4O2S. The number of halogens is 1. The van der Waals surface area contributed by atoms with E-state index in [0.29, 0.717) is 10.9 Å². The fraction of sp³-hybridized carbons (Fsp3) is 0.278. The zero-order chi connectivity index (χ0) is 18.3. The molecule has 0 bridgehead atoms. The van der Waals surface area contributed by atoms with Crippen LogP contribution in [0.1, 0.15) is 0 Å². The van der Waals surface area contributed by atoms with E-state index in [1.165, 1.54) is 12.1 Å². The SMILES string of the molecule is CN1CCN(c2ccc3[nH]nc(S(=O)(=O)c4ccc(F)cc4)c3c2)CC1. The van der Waals surface area contributed by atoms with Crippen molar-refractivity contribution >= 4 is 26.4 Å². The third kappa shape index (κ3) is 2.95. The van der Waals surface area contributed by atoms with Crippen LogP contribution in [0.3, 0.4) is 0 Å². The number of benzene rings is 2. The van der Waals surface area contributed by atoms with Gasteiger partial charge in [0.05, 0.1) is 10.4 Å². The van der Waals surface area contributed by atoms with Gasteiger partial charge in [-0.15, -0.1) is 0 Å². The van der Waals surface area contributed by atoms with E-state index in [2.05, 4.69) is 27.0 Å². The summed E-state index contributed by atoms with van der Waals surface area (Å²) >= 11 is 0. The molecule has 3 aromatic rings. The third-order valence-electron chi connectivity index (χ3n) is 4.76. The lowest BCUT2D eigenvalue weighted by atomic mass is 10.2. The van der Waals surface area contributed by atoms with Crippen LogP contribution < -0.4 is 4.90 Å². The molecule has 0 amide bonds. The van der Waals surface area contributed by atoms with Gasteiger partial charge in [0.15, 0.2) is 5.03 Å². The molecule has 6 nitrogen and oxygen atoms in total. The van der Waals surface area contributed by atoms with Crippen LogP contribution in [0.2, 0.25) is 0 Å². The number of likely N-dealkylation sites (N-methyl/N-ethyl adjacent to an activating group) is 1. The lowest BCUT2D eigenvalue weighted by Gasteiger charge is -2.34. The minimum atomic E-state index is -3.83. The smallest absolute Gasteiger partial charge is 0.226 e. The highest BCUT2D eigenvalue weighted by Crippen LogP contribution is 2.29. The predicted octanol–water partition coefficient (Wildman–Crippen LogP) is 2.29. The van der Waals surface area contributed by atoms with E-state index >= 15 is 0 Å². The second kappa shape index (κ2) is 6.37. The third-order valence-corrected chi connectivity index (χ3v) is 6.47. The van der Waals surface area contributed by atoms with E-state index in [1.807, 2.05) is 18.2 Å².